The molecule has 1 atom stereocenters. The number of carbonyl (C=O) groups is 1. The molecular weight excluding hydrogens is 425 g/mol. The molecule has 30 heavy (non-hydrogen) atoms. The SMILES string of the molecule is COC(=O)C(=N)CC(C)c1cccc(NS(=O)(=O)c2cccc(OC(F)(F)F)c2)c1. The Bertz CT molecular complexity index is 1040. The normalized spacial score (nSPS) is 12.7. The number of anilines is 1. The van der Waals surface area contributed by atoms with Gasteiger partial charge in [0.05, 0.1) is 12.0 Å². The second-order valence-corrected chi connectivity index (χ2v) is 8.01. The maximum atomic E-state index is 12.6. The van der Waals surface area contributed by atoms with Gasteiger partial charge in [-0.2, -0.15) is 0 Å². The molecule has 11 heteroatoms. The van der Waals surface area contributed by atoms with Crippen LogP contribution < -0.4 is 9.46 Å². The van der Waals surface area contributed by atoms with Gasteiger partial charge in [-0.1, -0.05) is 25.1 Å². The van der Waals surface area contributed by atoms with Crippen molar-refractivity contribution in [1.29, 1.82) is 5.41 Å². The number of ether oxygens (including phenoxy) is 2. The lowest BCUT2D eigenvalue weighted by Gasteiger charge is -2.15. The van der Waals surface area contributed by atoms with Crippen molar-refractivity contribution in [1.82, 2.24) is 0 Å². The zero-order valence-electron chi connectivity index (χ0n) is 16.0. The van der Waals surface area contributed by atoms with Crippen LogP contribution in [0.15, 0.2) is 53.4 Å². The van der Waals surface area contributed by atoms with Crippen molar-refractivity contribution in [2.75, 3.05) is 11.8 Å². The molecule has 0 heterocycles. The predicted molar refractivity (Wildman–Crippen MR) is 103 cm³/mol. The van der Waals surface area contributed by atoms with Crippen LogP contribution in [0.25, 0.3) is 0 Å². The molecule has 0 saturated heterocycles. The summed E-state index contributed by atoms with van der Waals surface area (Å²) in [5, 5.41) is 7.69. The second-order valence-electron chi connectivity index (χ2n) is 6.33. The number of hydrogen-bond donors (Lipinski definition) is 2. The Morgan fingerprint density at radius 1 is 1.17 bits per heavy atom. The van der Waals surface area contributed by atoms with Crippen LogP contribution in [0.2, 0.25) is 0 Å². The summed E-state index contributed by atoms with van der Waals surface area (Å²) in [5.41, 5.74) is 0.599. The van der Waals surface area contributed by atoms with Crippen LogP contribution >= 0.6 is 0 Å². The van der Waals surface area contributed by atoms with Gasteiger partial charge in [0.1, 0.15) is 11.5 Å². The van der Waals surface area contributed by atoms with Crippen LogP contribution in [-0.4, -0.2) is 33.6 Å². The standard InChI is InChI=1S/C19H19F3N2O5S/c1-12(9-17(23)18(25)28-2)13-5-3-6-14(10-13)24-30(26,27)16-8-4-7-15(11-16)29-19(20,21)22/h3-8,10-12,23-24H,9H2,1-2H3. The topological polar surface area (TPSA) is 106 Å². The maximum absolute atomic E-state index is 12.6. The highest BCUT2D eigenvalue weighted by Gasteiger charge is 2.31. The molecule has 0 amide bonds. The molecule has 2 rings (SSSR count). The first-order chi connectivity index (χ1) is 13.9. The lowest BCUT2D eigenvalue weighted by molar-refractivity contribution is -0.274. The molecule has 0 aliphatic heterocycles. The summed E-state index contributed by atoms with van der Waals surface area (Å²) in [5.74, 6) is -1.70. The number of alkyl halides is 3. The van der Waals surface area contributed by atoms with Crippen molar-refractivity contribution >= 4 is 27.4 Å². The molecule has 0 aromatic heterocycles. The Morgan fingerprint density at radius 3 is 2.47 bits per heavy atom. The number of methoxy groups -OCH3 is 1. The minimum atomic E-state index is -4.95. The summed E-state index contributed by atoms with van der Waals surface area (Å²) in [6.45, 7) is 1.75. The molecule has 2 aromatic carbocycles. The molecule has 0 spiro atoms. The number of carbonyl (C=O) groups excluding carboxylic acids is 1. The second kappa shape index (κ2) is 9.16. The van der Waals surface area contributed by atoms with E-state index in [1.54, 1.807) is 19.1 Å². The van der Waals surface area contributed by atoms with Crippen molar-refractivity contribution in [2.45, 2.75) is 30.5 Å². The Kier molecular flexibility index (Phi) is 7.08. The zero-order valence-corrected chi connectivity index (χ0v) is 16.8. The first-order valence-corrected chi connectivity index (χ1v) is 10.0. The fraction of sp³-hybridized carbons (Fsp3) is 0.263. The van der Waals surface area contributed by atoms with E-state index in [0.29, 0.717) is 5.56 Å². The highest BCUT2D eigenvalue weighted by atomic mass is 32.2. The van der Waals surface area contributed by atoms with E-state index < -0.39 is 33.0 Å². The average Bonchev–Trinajstić information content (AvgIpc) is 2.66. The van der Waals surface area contributed by atoms with Gasteiger partial charge in [0.2, 0.25) is 0 Å². The minimum absolute atomic E-state index is 0.0830. The van der Waals surface area contributed by atoms with E-state index in [0.717, 1.165) is 24.3 Å². The fourth-order valence-electron chi connectivity index (χ4n) is 2.59. The highest BCUT2D eigenvalue weighted by molar-refractivity contribution is 7.92. The van der Waals surface area contributed by atoms with Crippen LogP contribution in [0.5, 0.6) is 5.75 Å². The third kappa shape index (κ3) is 6.48. The summed E-state index contributed by atoms with van der Waals surface area (Å²) >= 11 is 0. The number of halogens is 3. The van der Waals surface area contributed by atoms with Crippen molar-refractivity contribution < 1.29 is 35.9 Å². The monoisotopic (exact) mass is 444 g/mol. The summed E-state index contributed by atoms with van der Waals surface area (Å²) in [7, 11) is -3.02. The van der Waals surface area contributed by atoms with Gasteiger partial charge in [0.15, 0.2) is 0 Å². The van der Waals surface area contributed by atoms with Gasteiger partial charge in [-0.05, 0) is 35.7 Å². The molecule has 0 bridgehead atoms. The molecule has 0 aliphatic rings. The first-order valence-electron chi connectivity index (χ1n) is 8.55. The number of benzene rings is 2. The summed E-state index contributed by atoms with van der Waals surface area (Å²) in [4.78, 5) is 11.0. The Hall–Kier alpha value is -3.08. The van der Waals surface area contributed by atoms with Gasteiger partial charge in [-0.25, -0.2) is 13.2 Å². The molecule has 162 valence electrons. The smallest absolute Gasteiger partial charge is 0.465 e. The van der Waals surface area contributed by atoms with Gasteiger partial charge in [0.25, 0.3) is 10.0 Å². The molecule has 7 nitrogen and oxygen atoms in total. The Labute approximate surface area is 171 Å². The number of rotatable bonds is 8. The predicted octanol–water partition coefficient (Wildman–Crippen LogP) is 4.07. The van der Waals surface area contributed by atoms with Crippen LogP contribution in [-0.2, 0) is 19.6 Å². The summed E-state index contributed by atoms with van der Waals surface area (Å²) in [6, 6.07) is 10.3. The lowest BCUT2D eigenvalue weighted by atomic mass is 9.95. The number of esters is 1. The van der Waals surface area contributed by atoms with Gasteiger partial charge < -0.3 is 9.47 Å². The third-order valence-electron chi connectivity index (χ3n) is 4.00. The molecular formula is C19H19F3N2O5S. The van der Waals surface area contributed by atoms with E-state index in [2.05, 4.69) is 14.2 Å². The molecule has 1 unspecified atom stereocenters. The van der Waals surface area contributed by atoms with Gasteiger partial charge in [-0.3, -0.25) is 10.1 Å². The summed E-state index contributed by atoms with van der Waals surface area (Å²) in [6.07, 6.45) is -4.86. The van der Waals surface area contributed by atoms with E-state index in [1.807, 2.05) is 0 Å². The van der Waals surface area contributed by atoms with Crippen LogP contribution in [0.1, 0.15) is 24.8 Å². The van der Waals surface area contributed by atoms with E-state index in [1.165, 1.54) is 19.2 Å². The molecule has 0 saturated carbocycles. The molecule has 0 aliphatic carbocycles. The van der Waals surface area contributed by atoms with Crippen LogP contribution in [0, 0.1) is 5.41 Å². The van der Waals surface area contributed by atoms with Crippen LogP contribution in [0.3, 0.4) is 0 Å². The van der Waals surface area contributed by atoms with Crippen molar-refractivity contribution in [3.05, 3.63) is 54.1 Å². The average molecular weight is 444 g/mol. The fourth-order valence-corrected chi connectivity index (χ4v) is 3.68. The van der Waals surface area contributed by atoms with E-state index in [-0.39, 0.29) is 23.7 Å². The number of hydrogen-bond acceptors (Lipinski definition) is 6. The van der Waals surface area contributed by atoms with E-state index in [9.17, 15) is 26.4 Å². The van der Waals surface area contributed by atoms with E-state index in [4.69, 9.17) is 5.41 Å². The van der Waals surface area contributed by atoms with Crippen LogP contribution in [0.4, 0.5) is 18.9 Å². The molecule has 0 radical (unpaired) electrons. The third-order valence-corrected chi connectivity index (χ3v) is 5.38. The van der Waals surface area contributed by atoms with E-state index >= 15 is 0 Å². The number of nitrogens with one attached hydrogen (secondary N) is 2. The Balaban J connectivity index is 2.20. The Morgan fingerprint density at radius 2 is 1.83 bits per heavy atom. The van der Waals surface area contributed by atoms with Crippen molar-refractivity contribution in [3.63, 3.8) is 0 Å². The van der Waals surface area contributed by atoms with Gasteiger partial charge >= 0.3 is 12.3 Å². The van der Waals surface area contributed by atoms with Crippen molar-refractivity contribution in [2.24, 2.45) is 0 Å². The zero-order chi connectivity index (χ0) is 22.5. The summed E-state index contributed by atoms with van der Waals surface area (Å²) < 4.78 is 72.8. The highest BCUT2D eigenvalue weighted by Crippen LogP contribution is 2.27. The lowest BCUT2D eigenvalue weighted by Crippen LogP contribution is -2.18. The minimum Gasteiger partial charge on any atom is -0.465 e. The molecule has 2 aromatic rings. The maximum Gasteiger partial charge on any atom is 0.573 e. The quantitative estimate of drug-likeness (QED) is 0.472. The van der Waals surface area contributed by atoms with Gasteiger partial charge in [-0.15, -0.1) is 13.2 Å². The molecule has 2 N–H and O–H groups in total. The molecule has 0 fully saturated rings. The number of sulfonamides is 1. The first kappa shape index (κ1) is 23.2. The van der Waals surface area contributed by atoms with Crippen molar-refractivity contribution in [3.8, 4) is 5.75 Å². The van der Waals surface area contributed by atoms with Gasteiger partial charge in [0, 0.05) is 18.2 Å². The largest absolute Gasteiger partial charge is 0.573 e.